The summed E-state index contributed by atoms with van der Waals surface area (Å²) in [6.45, 7) is 0. The molecule has 11 heteroatoms. The van der Waals surface area contributed by atoms with Gasteiger partial charge in [-0.05, 0) is 36.4 Å². The van der Waals surface area contributed by atoms with Crippen LogP contribution in [-0.4, -0.2) is 35.5 Å². The van der Waals surface area contributed by atoms with Crippen LogP contribution in [0, 0.1) is 0 Å². The lowest BCUT2D eigenvalue weighted by Crippen LogP contribution is -2.10. The van der Waals surface area contributed by atoms with Crippen LogP contribution in [0.4, 0.5) is 11.4 Å². The molecule has 0 saturated carbocycles. The second-order valence-corrected chi connectivity index (χ2v) is 8.34. The van der Waals surface area contributed by atoms with Crippen molar-refractivity contribution >= 4 is 50.1 Å². The fourth-order valence-electron chi connectivity index (χ4n) is 2.68. The third kappa shape index (κ3) is 4.23. The maximum absolute atomic E-state index is 12.2. The van der Waals surface area contributed by atoms with Crippen molar-refractivity contribution in [2.75, 3.05) is 16.3 Å². The third-order valence-corrected chi connectivity index (χ3v) is 4.80. The van der Waals surface area contributed by atoms with E-state index in [-0.39, 0.29) is 5.76 Å². The van der Waals surface area contributed by atoms with Gasteiger partial charge in [0, 0.05) is 11.3 Å². The third-order valence-electron chi connectivity index (χ3n) is 3.87. The minimum Gasteiger partial charge on any atom is -0.459 e. The van der Waals surface area contributed by atoms with Crippen LogP contribution in [0.2, 0.25) is 5.02 Å². The first-order valence-corrected chi connectivity index (χ1v) is 10.5. The lowest BCUT2D eigenvalue weighted by atomic mass is 10.2. The summed E-state index contributed by atoms with van der Waals surface area (Å²) in [4.78, 5) is 23.8. The summed E-state index contributed by atoms with van der Waals surface area (Å²) in [5, 5.41) is 3.14. The molecule has 0 aliphatic rings. The number of fused-ring (bicyclic) bond motifs is 1. The zero-order chi connectivity index (χ0) is 20.6. The molecule has 9 nitrogen and oxygen atoms in total. The van der Waals surface area contributed by atoms with Crippen molar-refractivity contribution in [3.05, 3.63) is 59.6 Å². The Morgan fingerprint density at radius 3 is 2.76 bits per heavy atom. The zero-order valence-corrected chi connectivity index (χ0v) is 16.5. The van der Waals surface area contributed by atoms with E-state index in [0.717, 1.165) is 6.26 Å². The summed E-state index contributed by atoms with van der Waals surface area (Å²) in [6.07, 6.45) is 3.84. The number of nitrogens with one attached hydrogen (secondary N) is 3. The first kappa shape index (κ1) is 19.0. The van der Waals surface area contributed by atoms with Gasteiger partial charge in [-0.2, -0.15) is 0 Å². The average Bonchev–Trinajstić information content (AvgIpc) is 3.31. The number of halogens is 1. The van der Waals surface area contributed by atoms with Crippen molar-refractivity contribution in [1.82, 2.24) is 15.0 Å². The maximum Gasteiger partial charge on any atom is 0.291 e. The standard InChI is InChI=1S/C18H14ClN5O4S/c1-29(26,27)24-11-8-14-17(20-9-11)23-16(22-14)12-7-10(4-5-13(12)19)21-18(25)15-3-2-6-28-15/h2-9,24H,1H3,(H,21,25)(H,20,22,23). The number of aromatic amines is 1. The zero-order valence-electron chi connectivity index (χ0n) is 14.9. The molecule has 0 fully saturated rings. The molecule has 0 aliphatic heterocycles. The fourth-order valence-corrected chi connectivity index (χ4v) is 3.43. The monoisotopic (exact) mass is 431 g/mol. The molecular weight excluding hydrogens is 418 g/mol. The van der Waals surface area contributed by atoms with Gasteiger partial charge in [-0.15, -0.1) is 0 Å². The summed E-state index contributed by atoms with van der Waals surface area (Å²) < 4.78 is 30.2. The van der Waals surface area contributed by atoms with E-state index < -0.39 is 15.9 Å². The summed E-state index contributed by atoms with van der Waals surface area (Å²) in [5.74, 6) is 0.203. The molecular formula is C18H14ClN5O4S. The van der Waals surface area contributed by atoms with Crippen molar-refractivity contribution in [3.63, 3.8) is 0 Å². The Morgan fingerprint density at radius 2 is 2.03 bits per heavy atom. The van der Waals surface area contributed by atoms with Crippen molar-refractivity contribution in [3.8, 4) is 11.4 Å². The minimum atomic E-state index is -3.43. The molecule has 4 rings (SSSR count). The number of furan rings is 1. The van der Waals surface area contributed by atoms with Gasteiger partial charge in [0.2, 0.25) is 10.0 Å². The molecule has 1 aromatic carbocycles. The number of hydrogen-bond acceptors (Lipinski definition) is 6. The van der Waals surface area contributed by atoms with Crippen LogP contribution in [-0.2, 0) is 10.0 Å². The van der Waals surface area contributed by atoms with E-state index in [4.69, 9.17) is 16.0 Å². The number of anilines is 2. The number of carbonyl (C=O) groups is 1. The highest BCUT2D eigenvalue weighted by Crippen LogP contribution is 2.30. The molecule has 0 atom stereocenters. The Kier molecular flexibility index (Phi) is 4.73. The van der Waals surface area contributed by atoms with Gasteiger partial charge in [0.05, 0.1) is 34.9 Å². The van der Waals surface area contributed by atoms with Gasteiger partial charge in [-0.25, -0.2) is 18.4 Å². The Hall–Kier alpha value is -3.37. The maximum atomic E-state index is 12.2. The smallest absolute Gasteiger partial charge is 0.291 e. The first-order valence-electron chi connectivity index (χ1n) is 8.27. The van der Waals surface area contributed by atoms with Gasteiger partial charge >= 0.3 is 0 Å². The molecule has 3 N–H and O–H groups in total. The van der Waals surface area contributed by atoms with Crippen molar-refractivity contribution < 1.29 is 17.6 Å². The number of sulfonamides is 1. The number of rotatable bonds is 5. The largest absolute Gasteiger partial charge is 0.459 e. The predicted molar refractivity (Wildman–Crippen MR) is 109 cm³/mol. The van der Waals surface area contributed by atoms with Gasteiger partial charge in [0.1, 0.15) is 5.82 Å². The normalized spacial score (nSPS) is 11.5. The molecule has 0 saturated heterocycles. The Labute approximate surface area is 170 Å². The summed E-state index contributed by atoms with van der Waals surface area (Å²) in [6, 6.07) is 9.70. The molecule has 3 aromatic heterocycles. The second-order valence-electron chi connectivity index (χ2n) is 6.18. The molecule has 148 valence electrons. The highest BCUT2D eigenvalue weighted by atomic mass is 35.5. The number of hydrogen-bond donors (Lipinski definition) is 3. The molecule has 0 bridgehead atoms. The molecule has 0 unspecified atom stereocenters. The molecule has 0 spiro atoms. The Morgan fingerprint density at radius 1 is 1.21 bits per heavy atom. The fraction of sp³-hybridized carbons (Fsp3) is 0.0556. The molecule has 0 aliphatic carbocycles. The van der Waals surface area contributed by atoms with E-state index in [9.17, 15) is 13.2 Å². The van der Waals surface area contributed by atoms with Gasteiger partial charge in [0.25, 0.3) is 5.91 Å². The van der Waals surface area contributed by atoms with Crippen LogP contribution in [0.25, 0.3) is 22.6 Å². The number of imidazole rings is 1. The van der Waals surface area contributed by atoms with E-state index >= 15 is 0 Å². The highest BCUT2D eigenvalue weighted by molar-refractivity contribution is 7.92. The molecule has 3 heterocycles. The van der Waals surface area contributed by atoms with Gasteiger partial charge in [-0.1, -0.05) is 11.6 Å². The van der Waals surface area contributed by atoms with Crippen molar-refractivity contribution in [2.24, 2.45) is 0 Å². The number of aromatic nitrogens is 3. The van der Waals surface area contributed by atoms with Crippen LogP contribution >= 0.6 is 11.6 Å². The number of carbonyl (C=O) groups excluding carboxylic acids is 1. The van der Waals surface area contributed by atoms with Crippen molar-refractivity contribution in [1.29, 1.82) is 0 Å². The predicted octanol–water partition coefficient (Wildman–Crippen LogP) is 3.50. The van der Waals surface area contributed by atoms with Crippen molar-refractivity contribution in [2.45, 2.75) is 0 Å². The topological polar surface area (TPSA) is 130 Å². The lowest BCUT2D eigenvalue weighted by Gasteiger charge is -2.07. The van der Waals surface area contributed by atoms with Crippen LogP contribution < -0.4 is 10.0 Å². The number of nitrogens with zero attached hydrogens (tertiary/aromatic N) is 2. The minimum absolute atomic E-state index is 0.181. The van der Waals surface area contributed by atoms with Gasteiger partial charge < -0.3 is 14.7 Å². The summed E-state index contributed by atoms with van der Waals surface area (Å²) in [5.41, 5.74) is 2.26. The van der Waals surface area contributed by atoms with E-state index in [1.807, 2.05) is 0 Å². The lowest BCUT2D eigenvalue weighted by molar-refractivity contribution is 0.0996. The van der Waals surface area contributed by atoms with E-state index in [2.05, 4.69) is 25.0 Å². The number of amides is 1. The molecule has 0 radical (unpaired) electrons. The SMILES string of the molecule is CS(=O)(=O)Nc1cnc2nc(-c3cc(NC(=O)c4ccco4)ccc3Cl)[nH]c2c1. The second kappa shape index (κ2) is 7.22. The average molecular weight is 432 g/mol. The van der Waals surface area contributed by atoms with E-state index in [1.54, 1.807) is 36.4 Å². The first-order chi connectivity index (χ1) is 13.8. The van der Waals surface area contributed by atoms with Crippen LogP contribution in [0.15, 0.2) is 53.3 Å². The molecule has 1 amide bonds. The Balaban J connectivity index is 1.66. The molecule has 4 aromatic rings. The molecule has 29 heavy (non-hydrogen) atoms. The van der Waals surface area contributed by atoms with Gasteiger partial charge in [-0.3, -0.25) is 9.52 Å². The van der Waals surface area contributed by atoms with E-state index in [1.165, 1.54) is 12.5 Å². The van der Waals surface area contributed by atoms with Crippen LogP contribution in [0.1, 0.15) is 10.6 Å². The summed E-state index contributed by atoms with van der Waals surface area (Å²) in [7, 11) is -3.43. The van der Waals surface area contributed by atoms with Crippen LogP contribution in [0.5, 0.6) is 0 Å². The highest BCUT2D eigenvalue weighted by Gasteiger charge is 2.14. The number of H-pyrrole nitrogens is 1. The summed E-state index contributed by atoms with van der Waals surface area (Å²) >= 11 is 6.31. The van der Waals surface area contributed by atoms with E-state index in [0.29, 0.717) is 38.9 Å². The van der Waals surface area contributed by atoms with Crippen LogP contribution in [0.3, 0.4) is 0 Å². The van der Waals surface area contributed by atoms with Gasteiger partial charge in [0.15, 0.2) is 11.4 Å². The number of benzene rings is 1. The quantitative estimate of drug-likeness (QED) is 0.443. The Bertz CT molecular complexity index is 1320. The number of pyridine rings is 1.